The summed E-state index contributed by atoms with van der Waals surface area (Å²) in [5.41, 5.74) is 0.637. The standard InChI is InChI=1S/C24H35ClN2O/c1-4-26(5-2)14-8-9-18(3)27(17-21-16-19-12-13-20(21)15-19)24(28)22-10-6-7-11-23(22)25/h6-7,10-13,18-21H,4-5,8-9,14-17H2,1-3H3. The Labute approximate surface area is 175 Å². The minimum atomic E-state index is 0.0905. The molecule has 4 heteroatoms. The molecule has 0 heterocycles. The van der Waals surface area contributed by atoms with Crippen LogP contribution >= 0.6 is 11.6 Å². The summed E-state index contributed by atoms with van der Waals surface area (Å²) in [6.45, 7) is 10.8. The second-order valence-corrected chi connectivity index (χ2v) is 8.90. The van der Waals surface area contributed by atoms with Crippen molar-refractivity contribution in [2.75, 3.05) is 26.2 Å². The van der Waals surface area contributed by atoms with E-state index in [0.29, 0.717) is 22.4 Å². The molecule has 0 N–H and O–H groups in total. The lowest BCUT2D eigenvalue weighted by Crippen LogP contribution is -2.43. The predicted octanol–water partition coefficient (Wildman–Crippen LogP) is 5.50. The molecular weight excluding hydrogens is 368 g/mol. The van der Waals surface area contributed by atoms with Crippen LogP contribution in [-0.4, -0.2) is 47.9 Å². The predicted molar refractivity (Wildman–Crippen MR) is 118 cm³/mol. The average Bonchev–Trinajstić information content (AvgIpc) is 3.32. The first-order valence-corrected chi connectivity index (χ1v) is 11.4. The monoisotopic (exact) mass is 402 g/mol. The smallest absolute Gasteiger partial charge is 0.255 e. The van der Waals surface area contributed by atoms with Crippen molar-refractivity contribution in [2.24, 2.45) is 17.8 Å². The Morgan fingerprint density at radius 3 is 2.54 bits per heavy atom. The first-order chi connectivity index (χ1) is 13.5. The van der Waals surface area contributed by atoms with Gasteiger partial charge in [-0.05, 0) is 82.1 Å². The van der Waals surface area contributed by atoms with E-state index in [1.807, 2.05) is 24.3 Å². The summed E-state index contributed by atoms with van der Waals surface area (Å²) in [5.74, 6) is 2.05. The van der Waals surface area contributed by atoms with Crippen molar-refractivity contribution in [3.8, 4) is 0 Å². The lowest BCUT2D eigenvalue weighted by Gasteiger charge is -2.34. The molecule has 0 aliphatic heterocycles. The molecule has 154 valence electrons. The van der Waals surface area contributed by atoms with Gasteiger partial charge in [0, 0.05) is 12.6 Å². The molecule has 0 radical (unpaired) electrons. The van der Waals surface area contributed by atoms with E-state index in [1.165, 1.54) is 12.8 Å². The van der Waals surface area contributed by atoms with E-state index in [2.05, 4.69) is 42.7 Å². The summed E-state index contributed by atoms with van der Waals surface area (Å²) >= 11 is 6.37. The molecule has 4 atom stereocenters. The van der Waals surface area contributed by atoms with Gasteiger partial charge in [-0.2, -0.15) is 0 Å². The van der Waals surface area contributed by atoms with E-state index in [0.717, 1.165) is 44.9 Å². The molecule has 3 rings (SSSR count). The maximum atomic E-state index is 13.4. The number of hydrogen-bond acceptors (Lipinski definition) is 2. The lowest BCUT2D eigenvalue weighted by atomic mass is 9.92. The van der Waals surface area contributed by atoms with E-state index in [9.17, 15) is 4.79 Å². The number of halogens is 1. The van der Waals surface area contributed by atoms with Crippen molar-refractivity contribution in [2.45, 2.75) is 52.5 Å². The van der Waals surface area contributed by atoms with Crippen LogP contribution < -0.4 is 0 Å². The highest BCUT2D eigenvalue weighted by Crippen LogP contribution is 2.44. The summed E-state index contributed by atoms with van der Waals surface area (Å²) in [7, 11) is 0. The highest BCUT2D eigenvalue weighted by Gasteiger charge is 2.38. The van der Waals surface area contributed by atoms with Gasteiger partial charge in [0.25, 0.3) is 5.91 Å². The van der Waals surface area contributed by atoms with Crippen molar-refractivity contribution >= 4 is 17.5 Å². The van der Waals surface area contributed by atoms with Crippen molar-refractivity contribution in [1.82, 2.24) is 9.80 Å². The number of amides is 1. The summed E-state index contributed by atoms with van der Waals surface area (Å²) in [4.78, 5) is 18.0. The molecular formula is C24H35ClN2O. The number of benzene rings is 1. The van der Waals surface area contributed by atoms with Crippen LogP contribution in [0.5, 0.6) is 0 Å². The second kappa shape index (κ2) is 9.93. The first kappa shape index (κ1) is 21.4. The quantitative estimate of drug-likeness (QED) is 0.482. The van der Waals surface area contributed by atoms with Crippen molar-refractivity contribution in [1.29, 1.82) is 0 Å². The van der Waals surface area contributed by atoms with Gasteiger partial charge in [0.05, 0.1) is 10.6 Å². The van der Waals surface area contributed by atoms with Gasteiger partial charge in [0.15, 0.2) is 0 Å². The van der Waals surface area contributed by atoms with Gasteiger partial charge in [-0.1, -0.05) is 49.7 Å². The van der Waals surface area contributed by atoms with E-state index in [-0.39, 0.29) is 11.9 Å². The largest absolute Gasteiger partial charge is 0.336 e. The third-order valence-electron chi connectivity index (χ3n) is 6.74. The van der Waals surface area contributed by atoms with E-state index in [4.69, 9.17) is 11.6 Å². The Hall–Kier alpha value is -1.32. The fourth-order valence-corrected chi connectivity index (χ4v) is 5.13. The van der Waals surface area contributed by atoms with Gasteiger partial charge in [-0.25, -0.2) is 0 Å². The van der Waals surface area contributed by atoms with Crippen LogP contribution in [0.3, 0.4) is 0 Å². The van der Waals surface area contributed by atoms with Crippen LogP contribution in [0.15, 0.2) is 36.4 Å². The zero-order valence-corrected chi connectivity index (χ0v) is 18.4. The van der Waals surface area contributed by atoms with Gasteiger partial charge in [0.1, 0.15) is 0 Å². The Kier molecular flexibility index (Phi) is 7.59. The average molecular weight is 403 g/mol. The number of carbonyl (C=O) groups is 1. The molecule has 1 fully saturated rings. The zero-order valence-electron chi connectivity index (χ0n) is 17.6. The van der Waals surface area contributed by atoms with Gasteiger partial charge in [0.2, 0.25) is 0 Å². The molecule has 3 nitrogen and oxygen atoms in total. The van der Waals surface area contributed by atoms with Crippen molar-refractivity contribution < 1.29 is 4.79 Å². The summed E-state index contributed by atoms with van der Waals surface area (Å²) < 4.78 is 0. The van der Waals surface area contributed by atoms with Gasteiger partial charge >= 0.3 is 0 Å². The topological polar surface area (TPSA) is 23.6 Å². The lowest BCUT2D eigenvalue weighted by molar-refractivity contribution is 0.0631. The molecule has 0 spiro atoms. The Bertz CT molecular complexity index is 685. The van der Waals surface area contributed by atoms with Gasteiger partial charge < -0.3 is 9.80 Å². The number of allylic oxidation sites excluding steroid dienone is 2. The Morgan fingerprint density at radius 1 is 1.18 bits per heavy atom. The number of carbonyl (C=O) groups excluding carboxylic acids is 1. The minimum absolute atomic E-state index is 0.0905. The number of nitrogens with zero attached hydrogens (tertiary/aromatic N) is 2. The number of hydrogen-bond donors (Lipinski definition) is 0. The third kappa shape index (κ3) is 4.99. The molecule has 1 saturated carbocycles. The Balaban J connectivity index is 1.69. The molecule has 0 aromatic heterocycles. The molecule has 2 aliphatic rings. The first-order valence-electron chi connectivity index (χ1n) is 11.0. The summed E-state index contributed by atoms with van der Waals surface area (Å²) in [6, 6.07) is 7.70. The van der Waals surface area contributed by atoms with E-state index < -0.39 is 0 Å². The van der Waals surface area contributed by atoms with Crippen LogP contribution in [0.1, 0.15) is 56.8 Å². The fraction of sp³-hybridized carbons (Fsp3) is 0.625. The maximum absolute atomic E-state index is 13.4. The molecule has 28 heavy (non-hydrogen) atoms. The highest BCUT2D eigenvalue weighted by molar-refractivity contribution is 6.33. The molecule has 1 amide bonds. The summed E-state index contributed by atoms with van der Waals surface area (Å²) in [5, 5.41) is 0.556. The highest BCUT2D eigenvalue weighted by atomic mass is 35.5. The molecule has 0 saturated heterocycles. The SMILES string of the molecule is CCN(CC)CCCC(C)N(CC1CC2C=CC1C2)C(=O)c1ccccc1Cl. The second-order valence-electron chi connectivity index (χ2n) is 8.50. The molecule has 2 bridgehead atoms. The summed E-state index contributed by atoms with van der Waals surface area (Å²) in [6.07, 6.45) is 9.39. The zero-order chi connectivity index (χ0) is 20.1. The fourth-order valence-electron chi connectivity index (χ4n) is 4.92. The van der Waals surface area contributed by atoms with Crippen LogP contribution in [-0.2, 0) is 0 Å². The molecule has 2 aliphatic carbocycles. The van der Waals surface area contributed by atoms with Crippen LogP contribution in [0.25, 0.3) is 0 Å². The van der Waals surface area contributed by atoms with Gasteiger partial charge in [-0.15, -0.1) is 0 Å². The Morgan fingerprint density at radius 2 is 1.93 bits per heavy atom. The maximum Gasteiger partial charge on any atom is 0.255 e. The van der Waals surface area contributed by atoms with E-state index in [1.54, 1.807) is 0 Å². The molecule has 1 aromatic rings. The molecule has 1 aromatic carbocycles. The van der Waals surface area contributed by atoms with Crippen molar-refractivity contribution in [3.63, 3.8) is 0 Å². The molecule has 4 unspecified atom stereocenters. The third-order valence-corrected chi connectivity index (χ3v) is 7.07. The number of rotatable bonds is 10. The van der Waals surface area contributed by atoms with E-state index >= 15 is 0 Å². The normalized spacial score (nSPS) is 24.1. The van der Waals surface area contributed by atoms with Crippen molar-refractivity contribution in [3.05, 3.63) is 47.0 Å². The van der Waals surface area contributed by atoms with Crippen LogP contribution in [0, 0.1) is 17.8 Å². The number of fused-ring (bicyclic) bond motifs is 2. The minimum Gasteiger partial charge on any atom is -0.336 e. The van der Waals surface area contributed by atoms with Crippen LogP contribution in [0.2, 0.25) is 5.02 Å². The van der Waals surface area contributed by atoms with Gasteiger partial charge in [-0.3, -0.25) is 4.79 Å². The van der Waals surface area contributed by atoms with Crippen LogP contribution in [0.4, 0.5) is 0 Å².